The van der Waals surface area contributed by atoms with Gasteiger partial charge in [-0.3, -0.25) is 14.7 Å². The van der Waals surface area contributed by atoms with E-state index in [-0.39, 0.29) is 0 Å². The standard InChI is InChI=1S/C3H6NO4S/c1-9(6,7)8-2-3(4)5/h4H,2H2,1H3. The molecule has 0 unspecified atom stereocenters. The van der Waals surface area contributed by atoms with Gasteiger partial charge in [0, 0.05) is 0 Å². The quantitative estimate of drug-likeness (QED) is 0.474. The summed E-state index contributed by atoms with van der Waals surface area (Å²) in [6.45, 7) is -0.696. The predicted octanol–water partition coefficient (Wildman–Crippen LogP) is -1.23. The van der Waals surface area contributed by atoms with Crippen molar-refractivity contribution in [1.29, 1.82) is 0 Å². The Balaban J connectivity index is 3.67. The Kier molecular flexibility index (Phi) is 2.60. The molecule has 0 aliphatic heterocycles. The van der Waals surface area contributed by atoms with Crippen LogP contribution in [0.3, 0.4) is 0 Å². The van der Waals surface area contributed by atoms with Gasteiger partial charge in [-0.25, -0.2) is 0 Å². The van der Waals surface area contributed by atoms with Crippen molar-refractivity contribution < 1.29 is 17.4 Å². The van der Waals surface area contributed by atoms with Crippen molar-refractivity contribution in [3.8, 4) is 0 Å². The van der Waals surface area contributed by atoms with Crippen molar-refractivity contribution in [3.05, 3.63) is 0 Å². The summed E-state index contributed by atoms with van der Waals surface area (Å²) in [5.74, 6) is -1.06. The van der Waals surface area contributed by atoms with Crippen LogP contribution in [0, 0.1) is 0 Å². The van der Waals surface area contributed by atoms with Crippen LogP contribution in [0.15, 0.2) is 0 Å². The van der Waals surface area contributed by atoms with E-state index in [9.17, 15) is 13.2 Å². The Morgan fingerprint density at radius 1 is 1.67 bits per heavy atom. The van der Waals surface area contributed by atoms with Gasteiger partial charge in [-0.2, -0.15) is 8.42 Å². The van der Waals surface area contributed by atoms with Crippen LogP contribution in [0.25, 0.3) is 0 Å². The van der Waals surface area contributed by atoms with E-state index >= 15 is 0 Å². The molecule has 0 spiro atoms. The molecular weight excluding hydrogens is 146 g/mol. The van der Waals surface area contributed by atoms with E-state index in [1.807, 2.05) is 0 Å². The van der Waals surface area contributed by atoms with Gasteiger partial charge in [0.1, 0.15) is 6.61 Å². The number of rotatable bonds is 3. The third kappa shape index (κ3) is 7.38. The van der Waals surface area contributed by atoms with Gasteiger partial charge in [-0.1, -0.05) is 0 Å². The summed E-state index contributed by atoms with van der Waals surface area (Å²) in [6.07, 6.45) is 0.815. The van der Waals surface area contributed by atoms with E-state index in [1.165, 1.54) is 0 Å². The molecular formula is C3H6NO4S. The summed E-state index contributed by atoms with van der Waals surface area (Å²) in [7, 11) is -3.56. The molecule has 0 aromatic heterocycles. The number of nitrogens with one attached hydrogen (secondary N) is 1. The Morgan fingerprint density at radius 2 is 2.11 bits per heavy atom. The summed E-state index contributed by atoms with van der Waals surface area (Å²) in [6, 6.07) is 0. The Bertz CT molecular complexity index is 194. The highest BCUT2D eigenvalue weighted by atomic mass is 32.2. The van der Waals surface area contributed by atoms with Gasteiger partial charge in [-0.05, 0) is 0 Å². The second-order valence-electron chi connectivity index (χ2n) is 1.39. The maximum Gasteiger partial charge on any atom is 0.265 e. The molecule has 0 fully saturated rings. The largest absolute Gasteiger partial charge is 0.270 e. The molecule has 0 saturated heterocycles. The van der Waals surface area contributed by atoms with Crippen molar-refractivity contribution in [2.24, 2.45) is 0 Å². The number of carbonyl (C=O) groups is 1. The Labute approximate surface area is 52.9 Å². The molecule has 0 aromatic carbocycles. The molecule has 0 aromatic rings. The molecule has 0 heterocycles. The van der Waals surface area contributed by atoms with E-state index in [0.29, 0.717) is 0 Å². The highest BCUT2D eigenvalue weighted by Crippen LogP contribution is 1.83. The highest BCUT2D eigenvalue weighted by molar-refractivity contribution is 7.86. The molecule has 1 N–H and O–H groups in total. The molecule has 0 bridgehead atoms. The van der Waals surface area contributed by atoms with Gasteiger partial charge in [0.2, 0.25) is 0 Å². The highest BCUT2D eigenvalue weighted by Gasteiger charge is 2.03. The first-order chi connectivity index (χ1) is 3.92. The van der Waals surface area contributed by atoms with Crippen LogP contribution in [0.5, 0.6) is 0 Å². The molecule has 0 aliphatic rings. The molecule has 0 atom stereocenters. The van der Waals surface area contributed by atoms with E-state index in [1.54, 1.807) is 0 Å². The van der Waals surface area contributed by atoms with Crippen molar-refractivity contribution in [2.45, 2.75) is 0 Å². The van der Waals surface area contributed by atoms with Crippen molar-refractivity contribution >= 4 is 16.0 Å². The summed E-state index contributed by atoms with van der Waals surface area (Å²) in [5.41, 5.74) is 6.23. The second kappa shape index (κ2) is 2.79. The number of amides is 1. The van der Waals surface area contributed by atoms with E-state index < -0.39 is 22.6 Å². The molecule has 0 rings (SSSR count). The maximum absolute atomic E-state index is 10.1. The van der Waals surface area contributed by atoms with Crippen molar-refractivity contribution in [2.75, 3.05) is 12.9 Å². The average molecular weight is 152 g/mol. The minimum absolute atomic E-state index is 0.696. The molecule has 5 nitrogen and oxygen atoms in total. The van der Waals surface area contributed by atoms with Gasteiger partial charge in [0.05, 0.1) is 6.26 Å². The Morgan fingerprint density at radius 3 is 2.22 bits per heavy atom. The third-order valence-corrected chi connectivity index (χ3v) is 0.950. The normalized spacial score (nSPS) is 11.2. The lowest BCUT2D eigenvalue weighted by atomic mass is 10.7. The minimum Gasteiger partial charge on any atom is -0.270 e. The lowest BCUT2D eigenvalue weighted by Crippen LogP contribution is -2.12. The number of hydrogen-bond acceptors (Lipinski definition) is 4. The zero-order chi connectivity index (χ0) is 7.49. The molecule has 1 amide bonds. The van der Waals surface area contributed by atoms with E-state index in [2.05, 4.69) is 4.18 Å². The van der Waals surface area contributed by atoms with Crippen LogP contribution < -0.4 is 5.73 Å². The summed E-state index contributed by atoms with van der Waals surface area (Å²) in [5, 5.41) is 0. The number of hydrogen-bond donors (Lipinski definition) is 0. The third-order valence-electron chi connectivity index (χ3n) is 0.404. The minimum atomic E-state index is -3.56. The monoisotopic (exact) mass is 152 g/mol. The van der Waals surface area contributed by atoms with Gasteiger partial charge in [-0.15, -0.1) is 0 Å². The number of carbonyl (C=O) groups excluding carboxylic acids is 1. The lowest BCUT2D eigenvalue weighted by molar-refractivity contribution is -0.120. The fraction of sp³-hybridized carbons (Fsp3) is 0.667. The zero-order valence-electron chi connectivity index (χ0n) is 4.75. The van der Waals surface area contributed by atoms with Crippen LogP contribution >= 0.6 is 0 Å². The maximum atomic E-state index is 10.1. The van der Waals surface area contributed by atoms with Gasteiger partial charge in [0.25, 0.3) is 16.0 Å². The fourth-order valence-electron chi connectivity index (χ4n) is 0.161. The Hall–Kier alpha value is -0.620. The van der Waals surface area contributed by atoms with E-state index in [0.717, 1.165) is 6.26 Å². The average Bonchev–Trinajstić information content (AvgIpc) is 1.59. The first kappa shape index (κ1) is 8.38. The second-order valence-corrected chi connectivity index (χ2v) is 3.03. The van der Waals surface area contributed by atoms with E-state index in [4.69, 9.17) is 5.73 Å². The lowest BCUT2D eigenvalue weighted by Gasteiger charge is -1.93. The van der Waals surface area contributed by atoms with Crippen LogP contribution in [-0.2, 0) is 19.1 Å². The van der Waals surface area contributed by atoms with Gasteiger partial charge in [0.15, 0.2) is 0 Å². The molecule has 53 valence electrons. The first-order valence-electron chi connectivity index (χ1n) is 2.00. The summed E-state index contributed by atoms with van der Waals surface area (Å²) < 4.78 is 24.1. The van der Waals surface area contributed by atoms with Gasteiger partial charge < -0.3 is 0 Å². The molecule has 9 heavy (non-hydrogen) atoms. The van der Waals surface area contributed by atoms with Crippen molar-refractivity contribution in [3.63, 3.8) is 0 Å². The van der Waals surface area contributed by atoms with Crippen LogP contribution in [0.1, 0.15) is 0 Å². The predicted molar refractivity (Wildman–Crippen MR) is 28.9 cm³/mol. The van der Waals surface area contributed by atoms with Crippen molar-refractivity contribution in [1.82, 2.24) is 5.73 Å². The fourth-order valence-corrected chi connectivity index (χ4v) is 0.482. The zero-order valence-corrected chi connectivity index (χ0v) is 5.56. The SMILES string of the molecule is CS(=O)(=O)OCC([NH])=O. The molecule has 1 radical (unpaired) electrons. The van der Waals surface area contributed by atoms with Crippen LogP contribution in [-0.4, -0.2) is 27.2 Å². The van der Waals surface area contributed by atoms with Gasteiger partial charge >= 0.3 is 0 Å². The smallest absolute Gasteiger partial charge is 0.265 e. The van der Waals surface area contributed by atoms with Crippen LogP contribution in [0.2, 0.25) is 0 Å². The first-order valence-corrected chi connectivity index (χ1v) is 3.82. The van der Waals surface area contributed by atoms with Crippen LogP contribution in [0.4, 0.5) is 0 Å². The summed E-state index contributed by atoms with van der Waals surface area (Å²) >= 11 is 0. The molecule has 6 heteroatoms. The topological polar surface area (TPSA) is 84.2 Å². The molecule has 0 saturated carbocycles. The molecule has 0 aliphatic carbocycles. The summed E-state index contributed by atoms with van der Waals surface area (Å²) in [4.78, 5) is 9.77.